The maximum Gasteiger partial charge on any atom is 0.380 e. The molecule has 0 saturated heterocycles. The first-order chi connectivity index (χ1) is 7.34. The minimum absolute atomic E-state index is 0.261. The Morgan fingerprint density at radius 1 is 1.38 bits per heavy atom. The van der Waals surface area contributed by atoms with Crippen LogP contribution in [0.2, 0.25) is 0 Å². The standard InChI is InChI=1S/C7H6F2N2O4S/c8-5-1-2-7(6(9)3-5)10-11(4-12)16(13,14)15/h1-4,10H,(H,13,14,15). The van der Waals surface area contributed by atoms with Crippen LogP contribution in [0, 0.1) is 11.6 Å². The summed E-state index contributed by atoms with van der Waals surface area (Å²) in [4.78, 5) is 10.3. The van der Waals surface area contributed by atoms with Crippen molar-refractivity contribution in [2.45, 2.75) is 0 Å². The van der Waals surface area contributed by atoms with Gasteiger partial charge in [0, 0.05) is 6.07 Å². The molecule has 6 nitrogen and oxygen atoms in total. The van der Waals surface area contributed by atoms with Gasteiger partial charge < -0.3 is 0 Å². The van der Waals surface area contributed by atoms with Crippen LogP contribution in [0.25, 0.3) is 0 Å². The van der Waals surface area contributed by atoms with Gasteiger partial charge >= 0.3 is 10.3 Å². The zero-order valence-electron chi connectivity index (χ0n) is 7.59. The molecular weight excluding hydrogens is 246 g/mol. The molecule has 0 spiro atoms. The second kappa shape index (κ2) is 4.41. The molecule has 0 atom stereocenters. The third-order valence-electron chi connectivity index (χ3n) is 1.51. The summed E-state index contributed by atoms with van der Waals surface area (Å²) in [6.45, 7) is 0. The largest absolute Gasteiger partial charge is 0.380 e. The van der Waals surface area contributed by atoms with Crippen molar-refractivity contribution in [3.63, 3.8) is 0 Å². The monoisotopic (exact) mass is 252 g/mol. The highest BCUT2D eigenvalue weighted by molar-refractivity contribution is 7.83. The Balaban J connectivity index is 3.00. The molecule has 0 aromatic heterocycles. The van der Waals surface area contributed by atoms with E-state index in [2.05, 4.69) is 0 Å². The van der Waals surface area contributed by atoms with Crippen molar-refractivity contribution in [3.05, 3.63) is 29.8 Å². The van der Waals surface area contributed by atoms with Gasteiger partial charge in [-0.3, -0.25) is 14.8 Å². The predicted octanol–water partition coefficient (Wildman–Crippen LogP) is 0.553. The Hall–Kier alpha value is -1.74. The van der Waals surface area contributed by atoms with Gasteiger partial charge in [-0.1, -0.05) is 0 Å². The molecule has 0 fully saturated rings. The van der Waals surface area contributed by atoms with Gasteiger partial charge in [0.1, 0.15) is 5.82 Å². The maximum absolute atomic E-state index is 13.0. The number of halogens is 2. The predicted molar refractivity (Wildman–Crippen MR) is 49.4 cm³/mol. The van der Waals surface area contributed by atoms with Crippen molar-refractivity contribution < 1.29 is 26.5 Å². The summed E-state index contributed by atoms with van der Waals surface area (Å²) >= 11 is 0. The Bertz CT molecular complexity index is 505. The van der Waals surface area contributed by atoms with Gasteiger partial charge in [0.15, 0.2) is 5.82 Å². The first-order valence-electron chi connectivity index (χ1n) is 3.78. The van der Waals surface area contributed by atoms with Crippen molar-refractivity contribution >= 4 is 22.4 Å². The summed E-state index contributed by atoms with van der Waals surface area (Å²) in [6, 6.07) is 2.19. The van der Waals surface area contributed by atoms with Gasteiger partial charge in [0.2, 0.25) is 6.41 Å². The van der Waals surface area contributed by atoms with E-state index in [1.807, 2.05) is 0 Å². The van der Waals surface area contributed by atoms with E-state index in [0.29, 0.717) is 6.07 Å². The normalized spacial score (nSPS) is 10.9. The van der Waals surface area contributed by atoms with Gasteiger partial charge in [-0.05, 0) is 12.1 Å². The summed E-state index contributed by atoms with van der Waals surface area (Å²) in [7, 11) is -4.85. The number of nitrogens with zero attached hydrogens (tertiary/aromatic N) is 1. The van der Waals surface area contributed by atoms with Gasteiger partial charge in [0.25, 0.3) is 0 Å². The lowest BCUT2D eigenvalue weighted by Gasteiger charge is -2.15. The molecule has 0 aliphatic heterocycles. The number of anilines is 1. The second-order valence-corrected chi connectivity index (χ2v) is 3.90. The van der Waals surface area contributed by atoms with Crippen LogP contribution >= 0.6 is 0 Å². The highest BCUT2D eigenvalue weighted by Crippen LogP contribution is 2.15. The number of hydrazine groups is 1. The van der Waals surface area contributed by atoms with Crippen molar-refractivity contribution in [1.29, 1.82) is 0 Å². The minimum Gasteiger partial charge on any atom is -0.277 e. The van der Waals surface area contributed by atoms with E-state index in [-0.39, 0.29) is 10.8 Å². The fourth-order valence-electron chi connectivity index (χ4n) is 0.837. The Morgan fingerprint density at radius 2 is 2.00 bits per heavy atom. The van der Waals surface area contributed by atoms with Gasteiger partial charge in [-0.15, -0.1) is 4.41 Å². The van der Waals surface area contributed by atoms with Crippen LogP contribution in [0.5, 0.6) is 0 Å². The van der Waals surface area contributed by atoms with Crippen LogP contribution in [0.4, 0.5) is 14.5 Å². The topological polar surface area (TPSA) is 86.7 Å². The highest BCUT2D eigenvalue weighted by atomic mass is 32.2. The molecule has 1 aromatic rings. The molecule has 0 aliphatic rings. The third-order valence-corrected chi connectivity index (χ3v) is 2.18. The van der Waals surface area contributed by atoms with Crippen LogP contribution < -0.4 is 5.43 Å². The lowest BCUT2D eigenvalue weighted by molar-refractivity contribution is -0.113. The Morgan fingerprint density at radius 3 is 2.44 bits per heavy atom. The number of benzene rings is 1. The Kier molecular flexibility index (Phi) is 3.40. The van der Waals surface area contributed by atoms with Gasteiger partial charge in [-0.25, -0.2) is 8.78 Å². The molecule has 1 amide bonds. The number of hydrogen-bond donors (Lipinski definition) is 2. The first kappa shape index (κ1) is 12.3. The molecule has 9 heteroatoms. The lowest BCUT2D eigenvalue weighted by Crippen LogP contribution is -2.34. The lowest BCUT2D eigenvalue weighted by atomic mass is 10.3. The third kappa shape index (κ3) is 2.87. The fraction of sp³-hybridized carbons (Fsp3) is 0. The summed E-state index contributed by atoms with van der Waals surface area (Å²) in [5.41, 5.74) is 1.27. The average Bonchev–Trinajstić information content (AvgIpc) is 2.14. The number of rotatable bonds is 4. The molecule has 0 aliphatic carbocycles. The molecule has 0 heterocycles. The first-order valence-corrected chi connectivity index (χ1v) is 5.18. The van der Waals surface area contributed by atoms with Crippen molar-refractivity contribution in [2.75, 3.05) is 5.43 Å². The molecular formula is C7H6F2N2O4S. The molecule has 0 bridgehead atoms. The summed E-state index contributed by atoms with van der Waals surface area (Å²) in [6.07, 6.45) is -0.280. The van der Waals surface area contributed by atoms with E-state index in [1.165, 1.54) is 0 Å². The van der Waals surface area contributed by atoms with Crippen LogP contribution in [0.3, 0.4) is 0 Å². The van der Waals surface area contributed by atoms with Crippen LogP contribution in [-0.4, -0.2) is 23.8 Å². The number of hydrogen-bond acceptors (Lipinski definition) is 4. The molecule has 0 saturated carbocycles. The van der Waals surface area contributed by atoms with E-state index in [1.54, 1.807) is 5.43 Å². The smallest absolute Gasteiger partial charge is 0.277 e. The highest BCUT2D eigenvalue weighted by Gasteiger charge is 2.18. The van der Waals surface area contributed by atoms with Crippen molar-refractivity contribution in [1.82, 2.24) is 4.41 Å². The van der Waals surface area contributed by atoms with Crippen molar-refractivity contribution in [2.24, 2.45) is 0 Å². The molecule has 16 heavy (non-hydrogen) atoms. The number of carbonyl (C=O) groups is 1. The zero-order chi connectivity index (χ0) is 12.3. The van der Waals surface area contributed by atoms with E-state index in [0.717, 1.165) is 12.1 Å². The summed E-state index contributed by atoms with van der Waals surface area (Å²) in [5, 5.41) is 0. The zero-order valence-corrected chi connectivity index (χ0v) is 8.41. The van der Waals surface area contributed by atoms with E-state index in [4.69, 9.17) is 4.55 Å². The van der Waals surface area contributed by atoms with Gasteiger partial charge in [0.05, 0.1) is 5.69 Å². The molecule has 1 rings (SSSR count). The number of nitrogens with one attached hydrogen (secondary N) is 1. The van der Waals surface area contributed by atoms with E-state index in [9.17, 15) is 22.0 Å². The number of carbonyl (C=O) groups excluding carboxylic acids is 1. The molecule has 0 radical (unpaired) electrons. The SMILES string of the molecule is O=CN(Nc1ccc(F)cc1F)S(=O)(=O)O. The summed E-state index contributed by atoms with van der Waals surface area (Å²) in [5.74, 6) is -1.98. The average molecular weight is 252 g/mol. The number of amides is 1. The second-order valence-electron chi connectivity index (χ2n) is 2.62. The molecule has 0 unspecified atom stereocenters. The minimum atomic E-state index is -4.85. The van der Waals surface area contributed by atoms with E-state index < -0.39 is 27.6 Å². The Labute approximate surface area is 89.3 Å². The molecule has 88 valence electrons. The van der Waals surface area contributed by atoms with Crippen molar-refractivity contribution in [3.8, 4) is 0 Å². The fourth-order valence-corrected chi connectivity index (χ4v) is 1.16. The summed E-state index contributed by atoms with van der Waals surface area (Å²) < 4.78 is 54.8. The molecule has 2 N–H and O–H groups in total. The van der Waals surface area contributed by atoms with Crippen LogP contribution in [-0.2, 0) is 15.1 Å². The molecule has 1 aromatic carbocycles. The van der Waals surface area contributed by atoms with Gasteiger partial charge in [-0.2, -0.15) is 8.42 Å². The van der Waals surface area contributed by atoms with Crippen LogP contribution in [0.1, 0.15) is 0 Å². The quantitative estimate of drug-likeness (QED) is 0.464. The van der Waals surface area contributed by atoms with Crippen LogP contribution in [0.15, 0.2) is 18.2 Å². The maximum atomic E-state index is 13.0. The van der Waals surface area contributed by atoms with E-state index >= 15 is 0 Å².